The lowest BCUT2D eigenvalue weighted by atomic mass is 9.77. The predicted octanol–water partition coefficient (Wildman–Crippen LogP) is 5.37. The topological polar surface area (TPSA) is 67.4 Å². The van der Waals surface area contributed by atoms with E-state index in [1.807, 2.05) is 0 Å². The molecule has 166 valence electrons. The molecule has 2 N–H and O–H groups in total. The van der Waals surface area contributed by atoms with Crippen molar-refractivity contribution in [2.45, 2.75) is 37.6 Å². The minimum Gasteiger partial charge on any atom is -0.508 e. The van der Waals surface area contributed by atoms with Crippen LogP contribution in [-0.2, 0) is 4.74 Å². The number of hydrogen-bond acceptors (Lipinski definition) is 4. The zero-order chi connectivity index (χ0) is 22.7. The normalized spacial score (nSPS) is 26.5. The highest BCUT2D eigenvalue weighted by atomic mass is 19.4. The van der Waals surface area contributed by atoms with Gasteiger partial charge in [-0.1, -0.05) is 13.0 Å². The van der Waals surface area contributed by atoms with Crippen molar-refractivity contribution in [1.82, 2.24) is 9.97 Å². The number of nitrogens with one attached hydrogen (secondary N) is 1. The van der Waals surface area contributed by atoms with E-state index >= 15 is 0 Å². The number of ether oxygens (including phenoxy) is 2. The lowest BCUT2D eigenvalue weighted by molar-refractivity contribution is -0.275. The summed E-state index contributed by atoms with van der Waals surface area (Å²) < 4.78 is 80.7. The standard InChI is InChI=1S/C21H19F5N2O3/c1-9-15(11-5-6-12(22)16(23)17(11)30-3)18(31-20(9,2)21(24,25)26)19-27-13-7-4-10(29)8-14(13)28-19/h4-9,15,18,29H,1-3H3,(H,27,28)/t9-,15-,18+,20+/m0/s1. The number of halogens is 5. The summed E-state index contributed by atoms with van der Waals surface area (Å²) in [5.74, 6) is -5.20. The van der Waals surface area contributed by atoms with Crippen LogP contribution < -0.4 is 4.74 Å². The molecule has 0 bridgehead atoms. The number of H-pyrrole nitrogens is 1. The first-order chi connectivity index (χ1) is 14.5. The van der Waals surface area contributed by atoms with E-state index in [0.29, 0.717) is 11.0 Å². The average molecular weight is 442 g/mol. The van der Waals surface area contributed by atoms with Gasteiger partial charge in [-0.05, 0) is 25.1 Å². The van der Waals surface area contributed by atoms with Gasteiger partial charge in [0, 0.05) is 23.5 Å². The zero-order valence-electron chi connectivity index (χ0n) is 16.7. The number of aromatic hydroxyl groups is 1. The number of aromatic amines is 1. The van der Waals surface area contributed by atoms with Gasteiger partial charge < -0.3 is 19.6 Å². The fourth-order valence-corrected chi connectivity index (χ4v) is 4.20. The Labute approximate surface area is 173 Å². The van der Waals surface area contributed by atoms with Crippen LogP contribution in [0.1, 0.15) is 37.3 Å². The van der Waals surface area contributed by atoms with Crippen LogP contribution in [-0.4, -0.2) is 34.0 Å². The molecule has 3 aromatic rings. The first-order valence-corrected chi connectivity index (χ1v) is 9.43. The second-order valence-electron chi connectivity index (χ2n) is 7.77. The summed E-state index contributed by atoms with van der Waals surface area (Å²) in [6, 6.07) is 6.31. The first kappa shape index (κ1) is 21.4. The van der Waals surface area contributed by atoms with Gasteiger partial charge in [-0.2, -0.15) is 17.6 Å². The number of fused-ring (bicyclic) bond motifs is 1. The first-order valence-electron chi connectivity index (χ1n) is 9.43. The number of rotatable bonds is 3. The Morgan fingerprint density at radius 1 is 1.19 bits per heavy atom. The quantitative estimate of drug-likeness (QED) is 0.536. The summed E-state index contributed by atoms with van der Waals surface area (Å²) in [6.07, 6.45) is -6.01. The molecule has 0 spiro atoms. The highest BCUT2D eigenvalue weighted by molar-refractivity contribution is 5.76. The summed E-state index contributed by atoms with van der Waals surface area (Å²) in [7, 11) is 1.11. The molecule has 0 radical (unpaired) electrons. The maximum atomic E-state index is 14.4. The van der Waals surface area contributed by atoms with E-state index in [2.05, 4.69) is 9.97 Å². The van der Waals surface area contributed by atoms with Crippen LogP contribution in [0.15, 0.2) is 30.3 Å². The van der Waals surface area contributed by atoms with E-state index in [-0.39, 0.29) is 17.1 Å². The third-order valence-corrected chi connectivity index (χ3v) is 6.07. The van der Waals surface area contributed by atoms with Crippen molar-refractivity contribution in [3.63, 3.8) is 0 Å². The molecule has 1 aliphatic heterocycles. The number of phenols is 1. The number of methoxy groups -OCH3 is 1. The molecule has 0 aliphatic carbocycles. The molecular weight excluding hydrogens is 423 g/mol. The molecular formula is C21H19F5N2O3. The molecule has 2 heterocycles. The summed E-state index contributed by atoms with van der Waals surface area (Å²) in [5, 5.41) is 9.67. The van der Waals surface area contributed by atoms with Gasteiger partial charge in [-0.25, -0.2) is 9.37 Å². The molecule has 4 rings (SSSR count). The van der Waals surface area contributed by atoms with E-state index in [1.54, 1.807) is 0 Å². The summed E-state index contributed by atoms with van der Waals surface area (Å²) in [6.45, 7) is 2.26. The van der Waals surface area contributed by atoms with Gasteiger partial charge in [0.2, 0.25) is 5.82 Å². The molecule has 1 saturated heterocycles. The largest absolute Gasteiger partial charge is 0.508 e. The molecule has 1 fully saturated rings. The number of aromatic nitrogens is 2. The van der Waals surface area contributed by atoms with Crippen LogP contribution >= 0.6 is 0 Å². The van der Waals surface area contributed by atoms with Gasteiger partial charge in [-0.3, -0.25) is 0 Å². The highest BCUT2D eigenvalue weighted by Gasteiger charge is 2.65. The van der Waals surface area contributed by atoms with Crippen LogP contribution in [0.4, 0.5) is 22.0 Å². The van der Waals surface area contributed by atoms with Crippen LogP contribution in [0.3, 0.4) is 0 Å². The highest BCUT2D eigenvalue weighted by Crippen LogP contribution is 2.59. The Balaban J connectivity index is 1.92. The van der Waals surface area contributed by atoms with Crippen molar-refractivity contribution in [2.75, 3.05) is 7.11 Å². The van der Waals surface area contributed by atoms with E-state index in [1.165, 1.54) is 31.2 Å². The van der Waals surface area contributed by atoms with Crippen molar-refractivity contribution in [1.29, 1.82) is 0 Å². The summed E-state index contributed by atoms with van der Waals surface area (Å²) >= 11 is 0. The minimum atomic E-state index is -4.74. The van der Waals surface area contributed by atoms with Gasteiger partial charge in [-0.15, -0.1) is 0 Å². The molecule has 0 amide bonds. The Bertz CT molecular complexity index is 1150. The Morgan fingerprint density at radius 3 is 2.55 bits per heavy atom. The van der Waals surface area contributed by atoms with Crippen LogP contribution in [0.5, 0.6) is 11.5 Å². The third kappa shape index (κ3) is 3.20. The van der Waals surface area contributed by atoms with E-state index in [4.69, 9.17) is 9.47 Å². The smallest absolute Gasteiger partial charge is 0.417 e. The second-order valence-corrected chi connectivity index (χ2v) is 7.77. The van der Waals surface area contributed by atoms with Crippen molar-refractivity contribution in [3.05, 3.63) is 53.4 Å². The predicted molar refractivity (Wildman–Crippen MR) is 101 cm³/mol. The summed E-state index contributed by atoms with van der Waals surface area (Å²) in [5.41, 5.74) is -1.75. The molecule has 1 aliphatic rings. The molecule has 4 atom stereocenters. The number of nitrogens with zero attached hydrogens (tertiary/aromatic N) is 1. The maximum absolute atomic E-state index is 14.4. The molecule has 0 saturated carbocycles. The van der Waals surface area contributed by atoms with Gasteiger partial charge >= 0.3 is 6.18 Å². The third-order valence-electron chi connectivity index (χ3n) is 6.07. The van der Waals surface area contributed by atoms with Crippen LogP contribution in [0.25, 0.3) is 11.0 Å². The van der Waals surface area contributed by atoms with Gasteiger partial charge in [0.25, 0.3) is 0 Å². The molecule has 0 unspecified atom stereocenters. The van der Waals surface area contributed by atoms with E-state index in [9.17, 15) is 27.1 Å². The van der Waals surface area contributed by atoms with E-state index in [0.717, 1.165) is 20.1 Å². The molecule has 1 aromatic heterocycles. The molecule has 2 aromatic carbocycles. The van der Waals surface area contributed by atoms with Gasteiger partial charge in [0.05, 0.1) is 18.1 Å². The number of hydrogen-bond donors (Lipinski definition) is 2. The fraction of sp³-hybridized carbons (Fsp3) is 0.381. The maximum Gasteiger partial charge on any atom is 0.417 e. The summed E-state index contributed by atoms with van der Waals surface area (Å²) in [4.78, 5) is 7.20. The van der Waals surface area contributed by atoms with Crippen molar-refractivity contribution in [2.24, 2.45) is 5.92 Å². The molecule has 31 heavy (non-hydrogen) atoms. The number of imidazole rings is 1. The lowest BCUT2D eigenvalue weighted by Gasteiger charge is -2.32. The molecule has 10 heteroatoms. The second kappa shape index (κ2) is 7.08. The van der Waals surface area contributed by atoms with Crippen molar-refractivity contribution < 1.29 is 36.5 Å². The Kier molecular flexibility index (Phi) is 4.88. The lowest BCUT2D eigenvalue weighted by Crippen LogP contribution is -2.46. The Morgan fingerprint density at radius 2 is 1.90 bits per heavy atom. The molecule has 5 nitrogen and oxygen atoms in total. The van der Waals surface area contributed by atoms with Crippen LogP contribution in [0.2, 0.25) is 0 Å². The monoisotopic (exact) mass is 442 g/mol. The number of alkyl halides is 3. The van der Waals surface area contributed by atoms with Crippen molar-refractivity contribution in [3.8, 4) is 11.5 Å². The van der Waals surface area contributed by atoms with Crippen molar-refractivity contribution >= 4 is 11.0 Å². The van der Waals surface area contributed by atoms with Gasteiger partial charge in [0.15, 0.2) is 17.2 Å². The Hall–Kier alpha value is -2.88. The van der Waals surface area contributed by atoms with Crippen LogP contribution in [0, 0.1) is 17.6 Å². The zero-order valence-corrected chi connectivity index (χ0v) is 16.7. The van der Waals surface area contributed by atoms with E-state index < -0.39 is 47.1 Å². The number of benzene rings is 2. The number of phenolic OH excluding ortho intramolecular Hbond substituents is 1. The SMILES string of the molecule is COc1c([C@H]2[C@H](c3nc4ccc(O)cc4[nH]3)O[C@@](C)(C(F)(F)F)[C@H]2C)ccc(F)c1F. The average Bonchev–Trinajstić information content (AvgIpc) is 3.23. The minimum absolute atomic E-state index is 0.0372. The fourth-order valence-electron chi connectivity index (χ4n) is 4.20. The van der Waals surface area contributed by atoms with Gasteiger partial charge in [0.1, 0.15) is 17.7 Å².